The molecule has 4 heterocycles. The van der Waals surface area contributed by atoms with Gasteiger partial charge in [0.25, 0.3) is 5.91 Å². The second kappa shape index (κ2) is 9.71. The summed E-state index contributed by atoms with van der Waals surface area (Å²) in [6, 6.07) is 2.91. The lowest BCUT2D eigenvalue weighted by molar-refractivity contribution is -0.146. The molecule has 3 aromatic heterocycles. The highest BCUT2D eigenvalue weighted by Gasteiger charge is 2.37. The molecule has 0 bridgehead atoms. The second-order valence-electron chi connectivity index (χ2n) is 7.02. The Balaban J connectivity index is 0.00000171. The van der Waals surface area contributed by atoms with Crippen LogP contribution in [0.1, 0.15) is 33.9 Å². The summed E-state index contributed by atoms with van der Waals surface area (Å²) in [5, 5.41) is 12.1. The number of amides is 1. The predicted octanol–water partition coefficient (Wildman–Crippen LogP) is 3.71. The van der Waals surface area contributed by atoms with Crippen molar-refractivity contribution in [1.82, 2.24) is 19.9 Å². The number of aliphatic carboxylic acids is 1. The van der Waals surface area contributed by atoms with E-state index < -0.39 is 17.7 Å². The Hall–Kier alpha value is -2.56. The minimum Gasteiger partial charge on any atom is -0.481 e. The maximum Gasteiger partial charge on any atom is 0.310 e. The van der Waals surface area contributed by atoms with Crippen molar-refractivity contribution in [3.8, 4) is 0 Å². The first-order valence-electron chi connectivity index (χ1n) is 8.99. The van der Waals surface area contributed by atoms with Gasteiger partial charge in [0.15, 0.2) is 5.69 Å². The van der Waals surface area contributed by atoms with Crippen LogP contribution in [0.15, 0.2) is 24.5 Å². The van der Waals surface area contributed by atoms with E-state index in [4.69, 9.17) is 5.11 Å². The molecule has 4 rings (SSSR count). The summed E-state index contributed by atoms with van der Waals surface area (Å²) >= 11 is 1.42. The summed E-state index contributed by atoms with van der Waals surface area (Å²) in [6.07, 6.45) is 2.67. The number of aryl methyl sites for hydroxylation is 1. The van der Waals surface area contributed by atoms with Crippen molar-refractivity contribution in [2.45, 2.75) is 19.9 Å². The molecule has 0 radical (unpaired) electrons. The highest BCUT2D eigenvalue weighted by Crippen LogP contribution is 2.30. The Morgan fingerprint density at radius 1 is 1.26 bits per heavy atom. The number of nitrogens with zero attached hydrogens (tertiary/aromatic N) is 4. The van der Waals surface area contributed by atoms with E-state index in [1.54, 1.807) is 6.20 Å². The van der Waals surface area contributed by atoms with E-state index in [0.717, 1.165) is 11.1 Å². The first-order valence-corrected chi connectivity index (χ1v) is 9.80. The number of hydrogen-bond acceptors (Lipinski definition) is 7. The van der Waals surface area contributed by atoms with Gasteiger partial charge >= 0.3 is 5.97 Å². The number of thiophene rings is 1. The number of pyridine rings is 1. The lowest BCUT2D eigenvalue weighted by Crippen LogP contribution is -2.53. The molecule has 1 aliphatic heterocycles. The van der Waals surface area contributed by atoms with Crippen LogP contribution in [-0.4, -0.2) is 49.9 Å². The number of halogens is 3. The van der Waals surface area contributed by atoms with Crippen LogP contribution in [0.4, 0.5) is 10.3 Å². The Morgan fingerprint density at radius 2 is 1.97 bits per heavy atom. The molecule has 1 atom stereocenters. The van der Waals surface area contributed by atoms with Gasteiger partial charge < -0.3 is 15.3 Å². The van der Waals surface area contributed by atoms with Crippen molar-refractivity contribution < 1.29 is 19.1 Å². The third kappa shape index (κ3) is 5.03. The lowest BCUT2D eigenvalue weighted by Gasteiger charge is -2.36. The number of hydrogen-bond donors (Lipinski definition) is 2. The molecule has 8 nitrogen and oxygen atoms in total. The third-order valence-electron chi connectivity index (χ3n) is 4.79. The molecule has 1 saturated heterocycles. The van der Waals surface area contributed by atoms with Crippen LogP contribution in [0, 0.1) is 18.7 Å². The van der Waals surface area contributed by atoms with E-state index >= 15 is 0 Å². The fraction of sp³-hybridized carbons (Fsp3) is 0.316. The molecule has 3 aromatic rings. The van der Waals surface area contributed by atoms with Crippen LogP contribution >= 0.6 is 36.2 Å². The summed E-state index contributed by atoms with van der Waals surface area (Å²) in [4.78, 5) is 39.2. The van der Waals surface area contributed by atoms with E-state index in [-0.39, 0.29) is 61.5 Å². The van der Waals surface area contributed by atoms with Gasteiger partial charge in [-0.2, -0.15) is 0 Å². The maximum absolute atomic E-state index is 13.5. The summed E-state index contributed by atoms with van der Waals surface area (Å²) in [7, 11) is 0. The number of carbonyl (C=O) groups excluding carboxylic acids is 1. The van der Waals surface area contributed by atoms with Crippen molar-refractivity contribution in [2.24, 2.45) is 5.92 Å². The number of carboxylic acid groups (broad SMARTS) is 1. The normalized spacial score (nSPS) is 14.2. The van der Waals surface area contributed by atoms with Crippen molar-refractivity contribution in [3.63, 3.8) is 0 Å². The van der Waals surface area contributed by atoms with E-state index in [1.165, 1.54) is 22.3 Å². The van der Waals surface area contributed by atoms with Gasteiger partial charge in [0.1, 0.15) is 5.82 Å². The van der Waals surface area contributed by atoms with E-state index in [9.17, 15) is 14.0 Å². The summed E-state index contributed by atoms with van der Waals surface area (Å²) in [5.41, 5.74) is 1.49. The number of rotatable bonds is 5. The molecule has 0 aliphatic carbocycles. The number of likely N-dealkylation sites (tertiary alicyclic amines) is 1. The van der Waals surface area contributed by atoms with Crippen molar-refractivity contribution in [2.75, 3.05) is 18.4 Å². The quantitative estimate of drug-likeness (QED) is 0.564. The average Bonchev–Trinajstić information content (AvgIpc) is 2.99. The van der Waals surface area contributed by atoms with Gasteiger partial charge in [0.2, 0.25) is 5.95 Å². The molecule has 1 fully saturated rings. The summed E-state index contributed by atoms with van der Waals surface area (Å²) < 4.78 is 14.1. The van der Waals surface area contributed by atoms with Crippen LogP contribution < -0.4 is 5.32 Å². The molecule has 0 unspecified atom stereocenters. The van der Waals surface area contributed by atoms with Crippen LogP contribution in [-0.2, 0) is 4.79 Å². The van der Waals surface area contributed by atoms with Gasteiger partial charge in [-0.25, -0.2) is 14.4 Å². The average molecular weight is 488 g/mol. The van der Waals surface area contributed by atoms with Crippen LogP contribution in [0.5, 0.6) is 0 Å². The third-order valence-corrected chi connectivity index (χ3v) is 5.83. The van der Waals surface area contributed by atoms with Crippen LogP contribution in [0.25, 0.3) is 10.2 Å². The molecule has 0 spiro atoms. The summed E-state index contributed by atoms with van der Waals surface area (Å²) in [6.45, 7) is 4.06. The first-order chi connectivity index (χ1) is 13.8. The zero-order chi connectivity index (χ0) is 20.7. The lowest BCUT2D eigenvalue weighted by atomic mass is 10.00. The number of carbonyl (C=O) groups is 2. The van der Waals surface area contributed by atoms with Crippen molar-refractivity contribution >= 4 is 64.2 Å². The Kier molecular flexibility index (Phi) is 7.74. The highest BCUT2D eigenvalue weighted by molar-refractivity contribution is 7.19. The van der Waals surface area contributed by atoms with E-state index in [0.29, 0.717) is 15.8 Å². The molecular weight excluding hydrogens is 468 g/mol. The largest absolute Gasteiger partial charge is 0.481 e. The van der Waals surface area contributed by atoms with Gasteiger partial charge in [0.05, 0.1) is 28.4 Å². The number of fused-ring (bicyclic) bond motifs is 1. The monoisotopic (exact) mass is 487 g/mol. The molecule has 12 heteroatoms. The fourth-order valence-corrected chi connectivity index (χ4v) is 4.08. The Morgan fingerprint density at radius 3 is 2.61 bits per heavy atom. The van der Waals surface area contributed by atoms with Gasteiger partial charge in [-0.1, -0.05) is 0 Å². The fourth-order valence-electron chi connectivity index (χ4n) is 3.15. The van der Waals surface area contributed by atoms with Gasteiger partial charge in [-0.15, -0.1) is 36.2 Å². The number of anilines is 1. The number of aromatic nitrogens is 3. The molecule has 1 amide bonds. The van der Waals surface area contributed by atoms with E-state index in [2.05, 4.69) is 20.3 Å². The minimum atomic E-state index is -0.909. The van der Waals surface area contributed by atoms with Crippen LogP contribution in [0.2, 0.25) is 0 Å². The predicted molar refractivity (Wildman–Crippen MR) is 120 cm³/mol. The highest BCUT2D eigenvalue weighted by atomic mass is 35.5. The summed E-state index contributed by atoms with van der Waals surface area (Å²) in [5.74, 6) is -1.97. The van der Waals surface area contributed by atoms with Gasteiger partial charge in [-0.05, 0) is 31.5 Å². The zero-order valence-corrected chi connectivity index (χ0v) is 19.0. The second-order valence-corrected chi connectivity index (χ2v) is 8.27. The first kappa shape index (κ1) is 24.7. The Labute approximate surface area is 193 Å². The topological polar surface area (TPSA) is 108 Å². The number of nitrogens with one attached hydrogen (secondary N) is 1. The van der Waals surface area contributed by atoms with Crippen molar-refractivity contribution in [3.05, 3.63) is 46.5 Å². The molecule has 31 heavy (non-hydrogen) atoms. The van der Waals surface area contributed by atoms with E-state index in [1.807, 2.05) is 19.9 Å². The van der Waals surface area contributed by atoms with Gasteiger partial charge in [-0.3, -0.25) is 14.6 Å². The molecule has 2 N–H and O–H groups in total. The molecule has 1 aliphatic rings. The minimum absolute atomic E-state index is 0. The zero-order valence-electron chi connectivity index (χ0n) is 16.5. The molecule has 0 aromatic carbocycles. The standard InChI is InChI=1S/C19H18FN5O3S.2ClH/c1-9-3-14-16(29-9)15(17(26)25-7-12(8-25)18(27)28)24-19(23-14)22-10(2)11-4-13(20)6-21-5-11;;/h3-6,10,12H,7-8H2,1-2H3,(H,27,28)(H,22,23,24);2*1H/t10-;;/m0../s1. The smallest absolute Gasteiger partial charge is 0.310 e. The van der Waals surface area contributed by atoms with Gasteiger partial charge in [0, 0.05) is 24.2 Å². The Bertz CT molecular complexity index is 1120. The maximum atomic E-state index is 13.5. The molecule has 166 valence electrons. The number of carboxylic acids is 1. The molecular formula is C19H20Cl2FN5O3S. The van der Waals surface area contributed by atoms with Crippen molar-refractivity contribution in [1.29, 1.82) is 0 Å². The SMILES string of the molecule is Cc1cc2nc(N[C@@H](C)c3cncc(F)c3)nc(C(=O)N3CC(C(=O)O)C3)c2s1.Cl.Cl. The molecule has 0 saturated carbocycles. The van der Waals surface area contributed by atoms with Crippen LogP contribution in [0.3, 0.4) is 0 Å².